The number of carbonyl (C=O) groups is 2. The molecule has 24 heavy (non-hydrogen) atoms. The summed E-state index contributed by atoms with van der Waals surface area (Å²) in [5.41, 5.74) is 0.486. The molecule has 0 saturated carbocycles. The number of ketones is 2. The molecular formula is C18H15BrF2O3. The topological polar surface area (TPSA) is 43.4 Å². The predicted octanol–water partition coefficient (Wildman–Crippen LogP) is 4.86. The largest absolute Gasteiger partial charge is 0.488 e. The molecule has 0 aliphatic carbocycles. The van der Waals surface area contributed by atoms with E-state index in [1.54, 1.807) is 18.2 Å². The Balaban J connectivity index is 2.19. The highest BCUT2D eigenvalue weighted by Gasteiger charge is 2.17. The summed E-state index contributed by atoms with van der Waals surface area (Å²) in [5, 5.41) is 0. The molecule has 0 fully saturated rings. The SMILES string of the molecule is CC(=O)CCC(=O)c1c(Br)cccc1OCc1ccc(F)cc1F. The van der Waals surface area contributed by atoms with Gasteiger partial charge in [-0.25, -0.2) is 8.78 Å². The lowest BCUT2D eigenvalue weighted by atomic mass is 10.0. The zero-order valence-corrected chi connectivity index (χ0v) is 14.5. The van der Waals surface area contributed by atoms with Crippen molar-refractivity contribution in [3.05, 3.63) is 63.6 Å². The number of benzene rings is 2. The van der Waals surface area contributed by atoms with Crippen LogP contribution in [0.15, 0.2) is 40.9 Å². The van der Waals surface area contributed by atoms with Crippen molar-refractivity contribution in [1.82, 2.24) is 0 Å². The Morgan fingerprint density at radius 1 is 1.12 bits per heavy atom. The van der Waals surface area contributed by atoms with E-state index in [0.29, 0.717) is 10.0 Å². The molecule has 6 heteroatoms. The number of ether oxygens (including phenoxy) is 1. The van der Waals surface area contributed by atoms with Crippen LogP contribution < -0.4 is 4.74 Å². The van der Waals surface area contributed by atoms with E-state index >= 15 is 0 Å². The zero-order chi connectivity index (χ0) is 17.7. The van der Waals surface area contributed by atoms with Crippen LogP contribution >= 0.6 is 15.9 Å². The van der Waals surface area contributed by atoms with Crippen LogP contribution in [0, 0.1) is 11.6 Å². The number of rotatable bonds is 7. The third kappa shape index (κ3) is 4.71. The fourth-order valence-electron chi connectivity index (χ4n) is 2.10. The van der Waals surface area contributed by atoms with Crippen molar-refractivity contribution in [3.63, 3.8) is 0 Å². The maximum Gasteiger partial charge on any atom is 0.168 e. The summed E-state index contributed by atoms with van der Waals surface area (Å²) >= 11 is 3.30. The minimum Gasteiger partial charge on any atom is -0.488 e. The van der Waals surface area contributed by atoms with Crippen molar-refractivity contribution in [2.24, 2.45) is 0 Å². The normalized spacial score (nSPS) is 10.5. The summed E-state index contributed by atoms with van der Waals surface area (Å²) in [6.07, 6.45) is 0.214. The fraction of sp³-hybridized carbons (Fsp3) is 0.222. The summed E-state index contributed by atoms with van der Waals surface area (Å²) in [7, 11) is 0. The van der Waals surface area contributed by atoms with E-state index in [0.717, 1.165) is 12.1 Å². The van der Waals surface area contributed by atoms with Gasteiger partial charge in [0.05, 0.1) is 5.56 Å². The Kier molecular flexibility index (Phi) is 6.20. The van der Waals surface area contributed by atoms with Gasteiger partial charge in [0.2, 0.25) is 0 Å². The lowest BCUT2D eigenvalue weighted by Gasteiger charge is -2.13. The average molecular weight is 397 g/mol. The fourth-order valence-corrected chi connectivity index (χ4v) is 2.67. The molecule has 0 radical (unpaired) electrons. The Labute approximate surface area is 146 Å². The third-order valence-corrected chi connectivity index (χ3v) is 4.02. The lowest BCUT2D eigenvalue weighted by molar-refractivity contribution is -0.116. The van der Waals surface area contributed by atoms with Gasteiger partial charge in [0, 0.05) is 28.9 Å². The third-order valence-electron chi connectivity index (χ3n) is 3.36. The van der Waals surface area contributed by atoms with Crippen LogP contribution in [0.3, 0.4) is 0 Å². The smallest absolute Gasteiger partial charge is 0.168 e. The maximum absolute atomic E-state index is 13.7. The van der Waals surface area contributed by atoms with Crippen molar-refractivity contribution in [2.75, 3.05) is 0 Å². The summed E-state index contributed by atoms with van der Waals surface area (Å²) < 4.78 is 32.7. The molecular weight excluding hydrogens is 382 g/mol. The molecule has 0 N–H and O–H groups in total. The summed E-state index contributed by atoms with van der Waals surface area (Å²) in [5.74, 6) is -1.42. The van der Waals surface area contributed by atoms with E-state index < -0.39 is 11.6 Å². The molecule has 0 spiro atoms. The van der Waals surface area contributed by atoms with Crippen molar-refractivity contribution in [2.45, 2.75) is 26.4 Å². The van der Waals surface area contributed by atoms with Crippen LogP contribution in [0.25, 0.3) is 0 Å². The van der Waals surface area contributed by atoms with Gasteiger partial charge in [-0.15, -0.1) is 0 Å². The second-order valence-electron chi connectivity index (χ2n) is 5.26. The van der Waals surface area contributed by atoms with Crippen molar-refractivity contribution >= 4 is 27.5 Å². The Hall–Kier alpha value is -2.08. The Bertz CT molecular complexity index is 775. The van der Waals surface area contributed by atoms with E-state index in [-0.39, 0.29) is 42.3 Å². The molecule has 0 aliphatic heterocycles. The van der Waals surface area contributed by atoms with Crippen LogP contribution in [0.4, 0.5) is 8.78 Å². The maximum atomic E-state index is 13.7. The zero-order valence-electron chi connectivity index (χ0n) is 12.9. The van der Waals surface area contributed by atoms with Gasteiger partial charge < -0.3 is 9.53 Å². The molecule has 0 amide bonds. The number of carbonyl (C=O) groups excluding carboxylic acids is 2. The molecule has 2 rings (SSSR count). The van der Waals surface area contributed by atoms with Crippen LogP contribution in [-0.2, 0) is 11.4 Å². The van der Waals surface area contributed by atoms with E-state index in [2.05, 4.69) is 15.9 Å². The van der Waals surface area contributed by atoms with Crippen LogP contribution in [-0.4, -0.2) is 11.6 Å². The Morgan fingerprint density at radius 2 is 1.88 bits per heavy atom. The lowest BCUT2D eigenvalue weighted by Crippen LogP contribution is -2.07. The van der Waals surface area contributed by atoms with Crippen LogP contribution in [0.5, 0.6) is 5.75 Å². The molecule has 2 aromatic carbocycles. The molecule has 0 atom stereocenters. The van der Waals surface area contributed by atoms with Gasteiger partial charge in [-0.2, -0.15) is 0 Å². The number of hydrogen-bond acceptors (Lipinski definition) is 3. The van der Waals surface area contributed by atoms with Crippen molar-refractivity contribution in [3.8, 4) is 5.75 Å². The first-order chi connectivity index (χ1) is 11.4. The first-order valence-electron chi connectivity index (χ1n) is 7.26. The van der Waals surface area contributed by atoms with E-state index in [4.69, 9.17) is 4.74 Å². The van der Waals surface area contributed by atoms with Gasteiger partial charge in [0.15, 0.2) is 5.78 Å². The van der Waals surface area contributed by atoms with E-state index in [9.17, 15) is 18.4 Å². The summed E-state index contributed by atoms with van der Waals surface area (Å²) in [4.78, 5) is 23.4. The number of Topliss-reactive ketones (excluding diaryl/α,β-unsaturated/α-hetero) is 2. The molecule has 2 aromatic rings. The van der Waals surface area contributed by atoms with Gasteiger partial charge in [0.25, 0.3) is 0 Å². The van der Waals surface area contributed by atoms with E-state index in [1.165, 1.54) is 13.0 Å². The monoisotopic (exact) mass is 396 g/mol. The molecule has 0 aliphatic rings. The first kappa shape index (κ1) is 18.3. The molecule has 0 aromatic heterocycles. The first-order valence-corrected chi connectivity index (χ1v) is 8.05. The van der Waals surface area contributed by atoms with Gasteiger partial charge in [0.1, 0.15) is 29.8 Å². The summed E-state index contributed by atoms with van der Waals surface area (Å²) in [6, 6.07) is 8.17. The molecule has 0 saturated heterocycles. The molecule has 3 nitrogen and oxygen atoms in total. The van der Waals surface area contributed by atoms with Crippen LogP contribution in [0.2, 0.25) is 0 Å². The Morgan fingerprint density at radius 3 is 2.54 bits per heavy atom. The second kappa shape index (κ2) is 8.15. The second-order valence-corrected chi connectivity index (χ2v) is 6.12. The average Bonchev–Trinajstić information content (AvgIpc) is 2.52. The van der Waals surface area contributed by atoms with E-state index in [1.807, 2.05) is 0 Å². The highest BCUT2D eigenvalue weighted by atomic mass is 79.9. The van der Waals surface area contributed by atoms with Crippen molar-refractivity contribution < 1.29 is 23.1 Å². The quantitative estimate of drug-likeness (QED) is 0.627. The van der Waals surface area contributed by atoms with Crippen LogP contribution in [0.1, 0.15) is 35.7 Å². The minimum atomic E-state index is -0.713. The van der Waals surface area contributed by atoms with Gasteiger partial charge >= 0.3 is 0 Å². The highest BCUT2D eigenvalue weighted by Crippen LogP contribution is 2.29. The van der Waals surface area contributed by atoms with Gasteiger partial charge in [-0.05, 0) is 47.1 Å². The highest BCUT2D eigenvalue weighted by molar-refractivity contribution is 9.10. The molecule has 0 heterocycles. The predicted molar refractivity (Wildman–Crippen MR) is 89.1 cm³/mol. The van der Waals surface area contributed by atoms with Crippen molar-refractivity contribution in [1.29, 1.82) is 0 Å². The number of halogens is 3. The minimum absolute atomic E-state index is 0.0687. The molecule has 0 unspecified atom stereocenters. The standard InChI is InChI=1S/C18H15BrF2O3/c1-11(22)5-8-16(23)18-14(19)3-2-4-17(18)24-10-12-6-7-13(20)9-15(12)21/h2-4,6-7,9H,5,8,10H2,1H3. The molecule has 0 bridgehead atoms. The molecule has 126 valence electrons. The van der Waals surface area contributed by atoms with Gasteiger partial charge in [-0.1, -0.05) is 6.07 Å². The number of hydrogen-bond donors (Lipinski definition) is 0. The van der Waals surface area contributed by atoms with Gasteiger partial charge in [-0.3, -0.25) is 4.79 Å². The summed E-state index contributed by atoms with van der Waals surface area (Å²) in [6.45, 7) is 1.28.